The van der Waals surface area contributed by atoms with Crippen LogP contribution in [0.1, 0.15) is 81.5 Å². The maximum absolute atomic E-state index is 11.9. The molecule has 0 aliphatic carbocycles. The van der Waals surface area contributed by atoms with Crippen molar-refractivity contribution >= 4 is 11.9 Å². The number of hydrogen-bond donors (Lipinski definition) is 4. The first-order valence-corrected chi connectivity index (χ1v) is 9.96. The van der Waals surface area contributed by atoms with Crippen LogP contribution in [-0.4, -0.2) is 28.6 Å². The van der Waals surface area contributed by atoms with Crippen LogP contribution in [0.25, 0.3) is 0 Å². The Bertz CT molecular complexity index is 549. The highest BCUT2D eigenvalue weighted by atomic mass is 16.3. The molecule has 3 amide bonds. The van der Waals surface area contributed by atoms with Crippen LogP contribution in [0.15, 0.2) is 24.3 Å². The smallest absolute Gasteiger partial charge is 0.350 e. The van der Waals surface area contributed by atoms with Gasteiger partial charge in [-0.3, -0.25) is 15.2 Å². The lowest BCUT2D eigenvalue weighted by molar-refractivity contribution is 0.0929. The van der Waals surface area contributed by atoms with Gasteiger partial charge in [-0.2, -0.15) is 0 Å². The Balaban J connectivity index is 2.06. The fraction of sp³-hybridized carbons (Fsp3) is 0.600. The van der Waals surface area contributed by atoms with Crippen molar-refractivity contribution in [3.63, 3.8) is 0 Å². The molecule has 0 radical (unpaired) electrons. The van der Waals surface area contributed by atoms with Gasteiger partial charge < -0.3 is 5.11 Å². The monoisotopic (exact) mass is 378 g/mol. The van der Waals surface area contributed by atoms with Crippen LogP contribution >= 0.6 is 0 Å². The number of phenolic OH excluding ortho intramolecular Hbond substituents is 1. The zero-order valence-corrected chi connectivity index (χ0v) is 16.4. The maximum Gasteiger partial charge on any atom is 0.350 e. The Morgan fingerprint density at radius 1 is 0.889 bits per heavy atom. The molecule has 0 fully saturated rings. The number of hydrazine groups is 2. The normalized spacial score (nSPS) is 10.4. The number of hydrogen-bond acceptors (Lipinski definition) is 4. The van der Waals surface area contributed by atoms with Crippen LogP contribution in [0.5, 0.6) is 5.75 Å². The van der Waals surface area contributed by atoms with E-state index in [9.17, 15) is 14.7 Å². The molecule has 0 unspecified atom stereocenters. The van der Waals surface area contributed by atoms with Gasteiger partial charge in [-0.05, 0) is 30.7 Å². The van der Waals surface area contributed by atoms with Crippen molar-refractivity contribution in [2.45, 2.75) is 71.1 Å². The van der Waals surface area contributed by atoms with Crippen LogP contribution in [-0.2, 0) is 0 Å². The van der Waals surface area contributed by atoms with Crippen LogP contribution in [0.3, 0.4) is 0 Å². The van der Waals surface area contributed by atoms with E-state index in [2.05, 4.69) is 17.8 Å². The molecule has 0 bridgehead atoms. The zero-order chi connectivity index (χ0) is 19.9. The second kappa shape index (κ2) is 13.9. The quantitative estimate of drug-likeness (QED) is 0.192. The highest BCUT2D eigenvalue weighted by Gasteiger charge is 2.11. The number of benzene rings is 1. The minimum absolute atomic E-state index is 0.0696. The average Bonchev–Trinajstić information content (AvgIpc) is 2.67. The highest BCUT2D eigenvalue weighted by molar-refractivity contribution is 5.95. The largest absolute Gasteiger partial charge is 0.508 e. The summed E-state index contributed by atoms with van der Waals surface area (Å²) in [4.78, 5) is 23.7. The third kappa shape index (κ3) is 10.5. The van der Waals surface area contributed by atoms with Crippen molar-refractivity contribution in [1.82, 2.24) is 15.9 Å². The first-order chi connectivity index (χ1) is 13.0. The standard InChI is InChI=1S/C20H34N4O3/c1-2-3-4-5-6-7-8-9-10-11-16-24(21)20(27)23-22-19(26)17-12-14-18(25)15-13-17/h12-15,25H,2-11,16,21H2,1H3,(H,22,26)(H,23,27). The summed E-state index contributed by atoms with van der Waals surface area (Å²) in [6, 6.07) is 5.16. The van der Waals surface area contributed by atoms with E-state index < -0.39 is 11.9 Å². The molecule has 0 aliphatic heterocycles. The Labute approximate surface area is 162 Å². The lowest BCUT2D eigenvalue weighted by atomic mass is 10.1. The van der Waals surface area contributed by atoms with Crippen LogP contribution in [0.2, 0.25) is 0 Å². The summed E-state index contributed by atoms with van der Waals surface area (Å²) in [6.45, 7) is 2.67. The molecule has 0 atom stereocenters. The molecular formula is C20H34N4O3. The molecule has 0 saturated carbocycles. The molecule has 0 aliphatic rings. The van der Waals surface area contributed by atoms with Gasteiger partial charge in [-0.15, -0.1) is 0 Å². The van der Waals surface area contributed by atoms with Gasteiger partial charge in [-0.1, -0.05) is 64.7 Å². The van der Waals surface area contributed by atoms with E-state index in [1.165, 1.54) is 69.2 Å². The lowest BCUT2D eigenvalue weighted by Gasteiger charge is -2.17. The van der Waals surface area contributed by atoms with Crippen molar-refractivity contribution in [3.8, 4) is 5.75 Å². The summed E-state index contributed by atoms with van der Waals surface area (Å²) < 4.78 is 0. The van der Waals surface area contributed by atoms with Crippen LogP contribution in [0, 0.1) is 0 Å². The second-order valence-corrected chi connectivity index (χ2v) is 6.81. The second-order valence-electron chi connectivity index (χ2n) is 6.81. The topological polar surface area (TPSA) is 108 Å². The van der Waals surface area contributed by atoms with E-state index in [1.807, 2.05) is 0 Å². The first kappa shape index (κ1) is 22.8. The van der Waals surface area contributed by atoms with Crippen molar-refractivity contribution in [2.75, 3.05) is 6.54 Å². The van der Waals surface area contributed by atoms with E-state index in [0.29, 0.717) is 12.1 Å². The number of carbonyl (C=O) groups excluding carboxylic acids is 2. The van der Waals surface area contributed by atoms with Crippen molar-refractivity contribution in [2.24, 2.45) is 5.84 Å². The summed E-state index contributed by atoms with van der Waals surface area (Å²) in [5.41, 5.74) is 4.90. The summed E-state index contributed by atoms with van der Waals surface area (Å²) in [7, 11) is 0. The van der Waals surface area contributed by atoms with E-state index in [-0.39, 0.29) is 5.75 Å². The van der Waals surface area contributed by atoms with Gasteiger partial charge in [0.1, 0.15) is 5.75 Å². The van der Waals surface area contributed by atoms with Crippen molar-refractivity contribution in [1.29, 1.82) is 0 Å². The van der Waals surface area contributed by atoms with Gasteiger partial charge >= 0.3 is 6.03 Å². The van der Waals surface area contributed by atoms with Gasteiger partial charge in [0.25, 0.3) is 5.91 Å². The summed E-state index contributed by atoms with van der Waals surface area (Å²) in [6.07, 6.45) is 12.1. The molecule has 0 heterocycles. The first-order valence-electron chi connectivity index (χ1n) is 9.96. The van der Waals surface area contributed by atoms with Gasteiger partial charge in [0.15, 0.2) is 0 Å². The Morgan fingerprint density at radius 3 is 1.96 bits per heavy atom. The fourth-order valence-corrected chi connectivity index (χ4v) is 2.74. The highest BCUT2D eigenvalue weighted by Crippen LogP contribution is 2.11. The molecular weight excluding hydrogens is 344 g/mol. The number of nitrogens with zero attached hydrogens (tertiary/aromatic N) is 1. The van der Waals surface area contributed by atoms with Gasteiger partial charge in [0, 0.05) is 12.1 Å². The van der Waals surface area contributed by atoms with Gasteiger partial charge in [-0.25, -0.2) is 16.1 Å². The third-order valence-corrected chi connectivity index (χ3v) is 4.43. The van der Waals surface area contributed by atoms with Crippen molar-refractivity contribution < 1.29 is 14.7 Å². The molecule has 7 nitrogen and oxygen atoms in total. The molecule has 0 aromatic heterocycles. The predicted molar refractivity (Wildman–Crippen MR) is 107 cm³/mol. The van der Waals surface area contributed by atoms with E-state index >= 15 is 0 Å². The average molecular weight is 379 g/mol. The minimum Gasteiger partial charge on any atom is -0.508 e. The van der Waals surface area contributed by atoms with Crippen LogP contribution < -0.4 is 16.7 Å². The number of amides is 3. The van der Waals surface area contributed by atoms with Crippen molar-refractivity contribution in [3.05, 3.63) is 29.8 Å². The summed E-state index contributed by atoms with van der Waals surface area (Å²) in [5, 5.41) is 10.3. The molecule has 0 saturated heterocycles. The number of aromatic hydroxyl groups is 1. The number of nitrogens with two attached hydrogens (primary N) is 1. The van der Waals surface area contributed by atoms with Gasteiger partial charge in [0.2, 0.25) is 0 Å². The molecule has 1 aromatic carbocycles. The van der Waals surface area contributed by atoms with E-state index in [4.69, 9.17) is 5.84 Å². The number of carbonyl (C=O) groups is 2. The minimum atomic E-state index is -0.557. The SMILES string of the molecule is CCCCCCCCCCCCN(N)C(=O)NNC(=O)c1ccc(O)cc1. The number of phenols is 1. The van der Waals surface area contributed by atoms with E-state index in [0.717, 1.165) is 24.3 Å². The number of unbranched alkanes of at least 4 members (excludes halogenated alkanes) is 9. The molecule has 1 aromatic rings. The third-order valence-electron chi connectivity index (χ3n) is 4.43. The lowest BCUT2D eigenvalue weighted by Crippen LogP contribution is -2.51. The molecule has 5 N–H and O–H groups in total. The molecule has 1 rings (SSSR count). The van der Waals surface area contributed by atoms with E-state index in [1.54, 1.807) is 0 Å². The van der Waals surface area contributed by atoms with Gasteiger partial charge in [0.05, 0.1) is 0 Å². The molecule has 7 heteroatoms. The predicted octanol–water partition coefficient (Wildman–Crippen LogP) is 3.84. The summed E-state index contributed by atoms with van der Waals surface area (Å²) in [5.74, 6) is 5.30. The zero-order valence-electron chi connectivity index (χ0n) is 16.4. The number of urea groups is 1. The summed E-state index contributed by atoms with van der Waals surface area (Å²) >= 11 is 0. The Morgan fingerprint density at radius 2 is 1.41 bits per heavy atom. The van der Waals surface area contributed by atoms with Crippen LogP contribution in [0.4, 0.5) is 4.79 Å². The molecule has 0 spiro atoms. The Hall–Kier alpha value is -2.28. The number of nitrogens with one attached hydrogen (secondary N) is 2. The molecule has 152 valence electrons. The maximum atomic E-state index is 11.9. The Kier molecular flexibility index (Phi) is 11.7. The molecule has 27 heavy (non-hydrogen) atoms. The number of rotatable bonds is 12. The fourth-order valence-electron chi connectivity index (χ4n) is 2.74.